The van der Waals surface area contributed by atoms with Gasteiger partial charge in [-0.1, -0.05) is 0 Å². The molecule has 2 aliphatic rings. The van der Waals surface area contributed by atoms with E-state index in [0.717, 1.165) is 6.07 Å². The number of benzene rings is 1. The van der Waals surface area contributed by atoms with Crippen molar-refractivity contribution in [3.63, 3.8) is 0 Å². The van der Waals surface area contributed by atoms with E-state index in [9.17, 15) is 17.6 Å². The van der Waals surface area contributed by atoms with Crippen LogP contribution in [0.3, 0.4) is 0 Å². The van der Waals surface area contributed by atoms with Crippen molar-refractivity contribution >= 4 is 33.7 Å². The highest BCUT2D eigenvalue weighted by molar-refractivity contribution is 7.90. The Kier molecular flexibility index (Phi) is 6.38. The number of rotatable bonds is 3. The molecule has 1 aromatic heterocycles. The van der Waals surface area contributed by atoms with Crippen LogP contribution in [0, 0.1) is 18.6 Å². The number of aromatic nitrogens is 2. The molecule has 0 spiro atoms. The molecule has 37 heavy (non-hydrogen) atoms. The number of aliphatic imine (C=N–C) groups is 1. The average molecular weight is 540 g/mol. The van der Waals surface area contributed by atoms with Crippen LogP contribution in [0.2, 0.25) is 0 Å². The Hall–Kier alpha value is -3.75. The number of carbonyl (C=O) groups excluding carboxylic acids is 1. The van der Waals surface area contributed by atoms with Crippen molar-refractivity contribution in [2.24, 2.45) is 4.99 Å². The summed E-state index contributed by atoms with van der Waals surface area (Å²) in [5.74, 6) is -2.36. The minimum atomic E-state index is -4.27. The van der Waals surface area contributed by atoms with E-state index in [1.54, 1.807) is 20.8 Å². The fourth-order valence-electron chi connectivity index (χ4n) is 4.29. The summed E-state index contributed by atoms with van der Waals surface area (Å²) >= 11 is 0. The highest BCUT2D eigenvalue weighted by Crippen LogP contribution is 2.44. The molecule has 15 heteroatoms. The number of hydrogen-bond donors (Lipinski definition) is 3. The van der Waals surface area contributed by atoms with Gasteiger partial charge in [0, 0.05) is 17.8 Å². The molecule has 2 unspecified atom stereocenters. The van der Waals surface area contributed by atoms with Crippen LogP contribution in [0.4, 0.5) is 25.2 Å². The minimum absolute atomic E-state index is 0.0299. The second-order valence-corrected chi connectivity index (χ2v) is 11.6. The van der Waals surface area contributed by atoms with E-state index < -0.39 is 50.1 Å². The third kappa shape index (κ3) is 4.95. The third-order valence-electron chi connectivity index (χ3n) is 5.80. The van der Waals surface area contributed by atoms with Gasteiger partial charge in [0.1, 0.15) is 22.2 Å². The number of alkyl carbamates (subject to hydrolysis) is 1. The number of nitrogens with zero attached hydrogens (tertiary/aromatic N) is 4. The van der Waals surface area contributed by atoms with Gasteiger partial charge in [0.25, 0.3) is 5.88 Å². The van der Waals surface area contributed by atoms with E-state index in [1.807, 2.05) is 0 Å². The van der Waals surface area contributed by atoms with E-state index in [0.29, 0.717) is 0 Å². The van der Waals surface area contributed by atoms with E-state index in [1.165, 1.54) is 31.1 Å². The predicted molar refractivity (Wildman–Crippen MR) is 131 cm³/mol. The number of nitrogens with two attached hydrogens (primary N) is 1. The average Bonchev–Trinajstić information content (AvgIpc) is 3.17. The number of anilines is 2. The van der Waals surface area contributed by atoms with Crippen LogP contribution in [0.25, 0.3) is 0 Å². The first-order valence-electron chi connectivity index (χ1n) is 11.2. The first-order valence-corrected chi connectivity index (χ1v) is 12.7. The number of nitrogen functional groups attached to an aromatic ring is 1. The fourth-order valence-corrected chi connectivity index (χ4v) is 5.95. The van der Waals surface area contributed by atoms with E-state index >= 15 is 4.39 Å². The number of amides is 1. The molecular weight excluding hydrogens is 512 g/mol. The maximum Gasteiger partial charge on any atom is 0.414 e. The lowest BCUT2D eigenvalue weighted by Crippen LogP contribution is -2.58. The molecule has 200 valence electrons. The quantitative estimate of drug-likeness (QED) is 0.492. The van der Waals surface area contributed by atoms with Crippen molar-refractivity contribution in [2.75, 3.05) is 30.8 Å². The number of methoxy groups -OCH3 is 1. The lowest BCUT2D eigenvalue weighted by atomic mass is 9.88. The summed E-state index contributed by atoms with van der Waals surface area (Å²) in [5, 5.41) is 0.927. The van der Waals surface area contributed by atoms with Gasteiger partial charge >= 0.3 is 6.09 Å². The van der Waals surface area contributed by atoms with Gasteiger partial charge in [-0.15, -0.1) is 0 Å². The van der Waals surface area contributed by atoms with Gasteiger partial charge in [0.05, 0.1) is 19.3 Å². The number of fused-ring (bicyclic) bond motifs is 1. The Morgan fingerprint density at radius 3 is 2.65 bits per heavy atom. The van der Waals surface area contributed by atoms with Crippen molar-refractivity contribution in [3.8, 4) is 5.88 Å². The molecule has 1 amide bonds. The number of halogens is 2. The van der Waals surface area contributed by atoms with Crippen LogP contribution in [0.15, 0.2) is 23.2 Å². The molecule has 2 aliphatic heterocycles. The number of hydrogen-bond acceptors (Lipinski definition) is 10. The first-order chi connectivity index (χ1) is 17.1. The van der Waals surface area contributed by atoms with Crippen molar-refractivity contribution in [2.45, 2.75) is 44.1 Å². The first kappa shape index (κ1) is 26.3. The topological polar surface area (TPSA) is 161 Å². The Balaban J connectivity index is 1.86. The molecule has 0 bridgehead atoms. The van der Waals surface area contributed by atoms with Gasteiger partial charge in [-0.25, -0.2) is 27.6 Å². The van der Waals surface area contributed by atoms with Gasteiger partial charge in [0.2, 0.25) is 27.7 Å². The predicted octanol–water partition coefficient (Wildman–Crippen LogP) is 1.55. The molecule has 2 atom stereocenters. The molecule has 1 saturated heterocycles. The summed E-state index contributed by atoms with van der Waals surface area (Å²) in [6.07, 6.45) is -0.965. The summed E-state index contributed by atoms with van der Waals surface area (Å²) in [4.78, 5) is 26.5. The minimum Gasteiger partial charge on any atom is -0.479 e. The maximum atomic E-state index is 15.2. The molecule has 4 rings (SSSR count). The molecule has 1 aromatic carbocycles. The van der Waals surface area contributed by atoms with E-state index in [-0.39, 0.29) is 41.9 Å². The van der Waals surface area contributed by atoms with Crippen LogP contribution >= 0.6 is 0 Å². The Morgan fingerprint density at radius 2 is 2.00 bits per heavy atom. The van der Waals surface area contributed by atoms with Crippen molar-refractivity contribution in [3.05, 3.63) is 41.1 Å². The molecule has 2 aromatic rings. The summed E-state index contributed by atoms with van der Waals surface area (Å²) in [5.41, 5.74) is 3.29. The van der Waals surface area contributed by atoms with Gasteiger partial charge < -0.3 is 20.1 Å². The van der Waals surface area contributed by atoms with Crippen molar-refractivity contribution in [1.29, 1.82) is 0 Å². The Bertz CT molecular complexity index is 1400. The van der Waals surface area contributed by atoms with Crippen molar-refractivity contribution in [1.82, 2.24) is 20.0 Å². The molecule has 1 fully saturated rings. The zero-order valence-electron chi connectivity index (χ0n) is 20.8. The highest BCUT2D eigenvalue weighted by atomic mass is 32.2. The van der Waals surface area contributed by atoms with E-state index in [2.05, 4.69) is 25.0 Å². The molecule has 3 heterocycles. The Morgan fingerprint density at radius 1 is 1.30 bits per heavy atom. The molecule has 12 nitrogen and oxygen atoms in total. The smallest absolute Gasteiger partial charge is 0.414 e. The van der Waals surface area contributed by atoms with Crippen molar-refractivity contribution < 1.29 is 31.5 Å². The zero-order valence-corrected chi connectivity index (χ0v) is 21.6. The molecule has 0 aliphatic carbocycles. The third-order valence-corrected chi connectivity index (χ3v) is 7.57. The number of ether oxygens (including phenoxy) is 2. The SMILES string of the molecule is COc1nc(N2CC3C(c4cc(N)ccc4F)(C2)N=C(NC(=O)OC(C)(C)C)NS3(=O)=O)nc(C)c1F. The molecule has 0 saturated carbocycles. The van der Waals surface area contributed by atoms with Gasteiger partial charge in [-0.2, -0.15) is 9.37 Å². The summed E-state index contributed by atoms with van der Waals surface area (Å²) in [6.45, 7) is 5.82. The Labute approximate surface area is 212 Å². The summed E-state index contributed by atoms with van der Waals surface area (Å²) < 4.78 is 68.9. The second kappa shape index (κ2) is 8.97. The van der Waals surface area contributed by atoms with Crippen LogP contribution in [0.5, 0.6) is 5.88 Å². The lowest BCUT2D eigenvalue weighted by molar-refractivity contribution is 0.0561. The highest BCUT2D eigenvalue weighted by Gasteiger charge is 2.59. The molecule has 4 N–H and O–H groups in total. The van der Waals surface area contributed by atoms with Gasteiger partial charge in [-0.05, 0) is 45.9 Å². The van der Waals surface area contributed by atoms with Crippen LogP contribution in [0.1, 0.15) is 32.0 Å². The maximum absolute atomic E-state index is 15.2. The molecular formula is C22H27F2N7O5S. The standard InChI is InChI=1S/C22H27F2N7O5S/c1-11-16(24)17(35-5)27-19(26-11)31-9-15-22(10-31,13-8-12(25)6-7-14(13)23)29-18(30-37(15,33)34)28-20(32)36-21(2,3)4/h6-8,15H,9-10,25H2,1-5H3,(H2,28,29,30,32). The monoisotopic (exact) mass is 539 g/mol. The number of guanidine groups is 1. The van der Waals surface area contributed by atoms with Crippen LogP contribution in [-0.4, -0.2) is 61.5 Å². The fraction of sp³-hybridized carbons (Fsp3) is 0.455. The number of carbonyl (C=O) groups is 1. The van der Waals surface area contributed by atoms with Crippen LogP contribution < -0.4 is 25.4 Å². The second-order valence-electron chi connectivity index (χ2n) is 9.70. The lowest BCUT2D eigenvalue weighted by Gasteiger charge is -2.36. The number of aryl methyl sites for hydroxylation is 1. The molecule has 0 radical (unpaired) electrons. The van der Waals surface area contributed by atoms with Gasteiger partial charge in [0.15, 0.2) is 0 Å². The van der Waals surface area contributed by atoms with E-state index in [4.69, 9.17) is 15.2 Å². The van der Waals surface area contributed by atoms with Crippen LogP contribution in [-0.2, 0) is 20.3 Å². The largest absolute Gasteiger partial charge is 0.479 e. The summed E-state index contributed by atoms with van der Waals surface area (Å²) in [6, 6.07) is 3.72. The number of sulfonamides is 1. The normalized spacial score (nSPS) is 22.5. The summed E-state index contributed by atoms with van der Waals surface area (Å²) in [7, 11) is -3.04. The zero-order chi connectivity index (χ0) is 27.3. The van der Waals surface area contributed by atoms with Gasteiger partial charge in [-0.3, -0.25) is 10.0 Å². The number of nitrogens with one attached hydrogen (secondary N) is 2.